The fourth-order valence-electron chi connectivity index (χ4n) is 5.45. The van der Waals surface area contributed by atoms with E-state index in [0.29, 0.717) is 18.4 Å². The second-order valence-electron chi connectivity index (χ2n) is 13.3. The van der Waals surface area contributed by atoms with Crippen molar-refractivity contribution >= 4 is 11.6 Å². The standard InChI is InChI=1S/C40H52O3/c1-28(17-13-19-30(3)21-23-34-32(5)36(41)25-26-39(34,7)8)15-11-12-16-29(2)18-14-20-31(4)22-24-35-33(6)38(43)37(42)27-40(35,9)10/h11-24,37,42H,25-27H2,1-10H3/b12-11+,17-13+,18-14-,23-21+,24-22+,28-15+,29-16+,30-19+,31-20-/t37-/m0/s1. The van der Waals surface area contributed by atoms with E-state index in [0.717, 1.165) is 45.4 Å². The van der Waals surface area contributed by atoms with Gasteiger partial charge in [0.2, 0.25) is 0 Å². The van der Waals surface area contributed by atoms with E-state index in [1.54, 1.807) is 6.92 Å². The third-order valence-electron chi connectivity index (χ3n) is 8.33. The molecular weight excluding hydrogens is 528 g/mol. The molecule has 0 bridgehead atoms. The van der Waals surface area contributed by atoms with Gasteiger partial charge in [0.15, 0.2) is 11.6 Å². The molecule has 230 valence electrons. The molecule has 0 fully saturated rings. The van der Waals surface area contributed by atoms with Crippen LogP contribution in [-0.2, 0) is 9.59 Å². The lowest BCUT2D eigenvalue weighted by Gasteiger charge is -2.34. The fourth-order valence-corrected chi connectivity index (χ4v) is 5.45. The molecule has 0 aromatic heterocycles. The smallest absolute Gasteiger partial charge is 0.187 e. The molecule has 0 unspecified atom stereocenters. The summed E-state index contributed by atoms with van der Waals surface area (Å²) in [7, 11) is 0. The summed E-state index contributed by atoms with van der Waals surface area (Å²) >= 11 is 0. The minimum Gasteiger partial charge on any atom is -0.385 e. The number of carbonyl (C=O) groups excluding carboxylic acids is 2. The molecule has 0 saturated carbocycles. The molecule has 0 aromatic carbocycles. The zero-order valence-corrected chi connectivity index (χ0v) is 28.0. The van der Waals surface area contributed by atoms with Crippen molar-refractivity contribution in [3.8, 4) is 0 Å². The molecule has 0 aliphatic heterocycles. The van der Waals surface area contributed by atoms with Crippen LogP contribution in [0.1, 0.15) is 88.5 Å². The molecule has 0 spiro atoms. The summed E-state index contributed by atoms with van der Waals surface area (Å²) < 4.78 is 0. The molecule has 3 nitrogen and oxygen atoms in total. The van der Waals surface area contributed by atoms with Crippen LogP contribution in [0.4, 0.5) is 0 Å². The zero-order valence-electron chi connectivity index (χ0n) is 28.0. The third kappa shape index (κ3) is 10.9. The Hall–Kier alpha value is -3.56. The maximum Gasteiger partial charge on any atom is 0.187 e. The minimum atomic E-state index is -0.900. The van der Waals surface area contributed by atoms with Gasteiger partial charge in [-0.15, -0.1) is 0 Å². The molecule has 43 heavy (non-hydrogen) atoms. The van der Waals surface area contributed by atoms with Crippen molar-refractivity contribution in [2.45, 2.75) is 94.6 Å². The highest BCUT2D eigenvalue weighted by Crippen LogP contribution is 2.40. The normalized spacial score (nSPS) is 23.1. The van der Waals surface area contributed by atoms with Gasteiger partial charge in [-0.25, -0.2) is 0 Å². The summed E-state index contributed by atoms with van der Waals surface area (Å²) in [4.78, 5) is 24.4. The molecule has 1 atom stereocenters. The van der Waals surface area contributed by atoms with Crippen LogP contribution in [0.5, 0.6) is 0 Å². The second kappa shape index (κ2) is 15.8. The lowest BCUT2D eigenvalue weighted by atomic mass is 9.71. The minimum absolute atomic E-state index is 0.0331. The Morgan fingerprint density at radius 3 is 1.56 bits per heavy atom. The monoisotopic (exact) mass is 580 g/mol. The number of aliphatic hydroxyl groups excluding tert-OH is 1. The fraction of sp³-hybridized carbons (Fsp3) is 0.400. The third-order valence-corrected chi connectivity index (χ3v) is 8.33. The zero-order chi connectivity index (χ0) is 32.4. The van der Waals surface area contributed by atoms with Gasteiger partial charge in [-0.1, -0.05) is 135 Å². The first-order valence-electron chi connectivity index (χ1n) is 15.3. The Kier molecular flexibility index (Phi) is 13.1. The molecular formula is C40H52O3. The van der Waals surface area contributed by atoms with Crippen LogP contribution >= 0.6 is 0 Å². The predicted molar refractivity (Wildman–Crippen MR) is 184 cm³/mol. The maximum atomic E-state index is 12.2. The molecule has 0 radical (unpaired) electrons. The van der Waals surface area contributed by atoms with Gasteiger partial charge in [-0.3, -0.25) is 9.59 Å². The predicted octanol–water partition coefficient (Wildman–Crippen LogP) is 9.93. The van der Waals surface area contributed by atoms with Crippen molar-refractivity contribution in [2.24, 2.45) is 10.8 Å². The van der Waals surface area contributed by atoms with Crippen molar-refractivity contribution in [2.75, 3.05) is 0 Å². The Labute approximate surface area is 260 Å². The van der Waals surface area contributed by atoms with Gasteiger partial charge in [0.25, 0.3) is 0 Å². The molecule has 2 aliphatic carbocycles. The molecule has 0 heterocycles. The summed E-state index contributed by atoms with van der Waals surface area (Å²) in [6.07, 6.45) is 29.9. The Balaban J connectivity index is 1.94. The second-order valence-corrected chi connectivity index (χ2v) is 13.3. The first kappa shape index (κ1) is 35.6. The lowest BCUT2D eigenvalue weighted by molar-refractivity contribution is -0.125. The van der Waals surface area contributed by atoms with Crippen molar-refractivity contribution in [3.05, 3.63) is 130 Å². The average molecular weight is 581 g/mol. The number of hydrogen-bond donors (Lipinski definition) is 1. The van der Waals surface area contributed by atoms with E-state index in [1.165, 1.54) is 0 Å². The van der Waals surface area contributed by atoms with Crippen LogP contribution in [0.25, 0.3) is 0 Å². The van der Waals surface area contributed by atoms with Gasteiger partial charge in [-0.05, 0) is 87.5 Å². The molecule has 0 aromatic rings. The summed E-state index contributed by atoms with van der Waals surface area (Å²) in [5.74, 6) is 0.0963. The molecule has 2 rings (SSSR count). The number of rotatable bonds is 10. The number of carbonyl (C=O) groups is 2. The highest BCUT2D eigenvalue weighted by Gasteiger charge is 2.36. The SMILES string of the molecule is CC1=C(/C=C/C(C)=C/C=C/C(C)=C/C=C/C=C(C)/C=C\C=C(C)/C=C/C2=C(C)C(=O)[C@@H](O)CC2(C)C)C(C)(C)CCC1=O. The molecule has 1 N–H and O–H groups in total. The highest BCUT2D eigenvalue weighted by atomic mass is 16.3. The first-order valence-corrected chi connectivity index (χ1v) is 15.3. The summed E-state index contributed by atoms with van der Waals surface area (Å²) in [5.41, 5.74) is 7.99. The number of aliphatic hydroxyl groups is 1. The number of hydrogen-bond acceptors (Lipinski definition) is 3. The van der Waals surface area contributed by atoms with Crippen LogP contribution in [0.2, 0.25) is 0 Å². The summed E-state index contributed by atoms with van der Waals surface area (Å²) in [6, 6.07) is 0. The van der Waals surface area contributed by atoms with E-state index in [1.807, 2.05) is 50.3 Å². The van der Waals surface area contributed by atoms with Gasteiger partial charge >= 0.3 is 0 Å². The van der Waals surface area contributed by atoms with Crippen molar-refractivity contribution in [3.63, 3.8) is 0 Å². The number of allylic oxidation sites excluding steroid dienone is 21. The van der Waals surface area contributed by atoms with Crippen LogP contribution in [0.3, 0.4) is 0 Å². The van der Waals surface area contributed by atoms with E-state index in [9.17, 15) is 14.7 Å². The van der Waals surface area contributed by atoms with Crippen molar-refractivity contribution < 1.29 is 14.7 Å². The summed E-state index contributed by atoms with van der Waals surface area (Å²) in [6.45, 7) is 20.6. The Morgan fingerprint density at radius 1 is 0.651 bits per heavy atom. The van der Waals surface area contributed by atoms with Gasteiger partial charge in [0.1, 0.15) is 6.10 Å². The molecule has 3 heteroatoms. The Bertz CT molecular complexity index is 1420. The van der Waals surface area contributed by atoms with E-state index < -0.39 is 6.10 Å². The van der Waals surface area contributed by atoms with Crippen LogP contribution < -0.4 is 0 Å². The molecule has 0 saturated heterocycles. The lowest BCUT2D eigenvalue weighted by Crippen LogP contribution is -2.35. The molecule has 0 amide bonds. The topological polar surface area (TPSA) is 54.4 Å². The van der Waals surface area contributed by atoms with Gasteiger partial charge in [0, 0.05) is 6.42 Å². The van der Waals surface area contributed by atoms with E-state index in [-0.39, 0.29) is 22.4 Å². The van der Waals surface area contributed by atoms with E-state index in [2.05, 4.69) is 97.1 Å². The largest absolute Gasteiger partial charge is 0.385 e. The molecule has 2 aliphatic rings. The van der Waals surface area contributed by atoms with Crippen LogP contribution in [0.15, 0.2) is 130 Å². The van der Waals surface area contributed by atoms with E-state index in [4.69, 9.17) is 0 Å². The Morgan fingerprint density at radius 2 is 1.07 bits per heavy atom. The van der Waals surface area contributed by atoms with Crippen LogP contribution in [0, 0.1) is 10.8 Å². The van der Waals surface area contributed by atoms with Gasteiger partial charge in [-0.2, -0.15) is 0 Å². The summed E-state index contributed by atoms with van der Waals surface area (Å²) in [5, 5.41) is 10.0. The van der Waals surface area contributed by atoms with Crippen LogP contribution in [-0.4, -0.2) is 22.8 Å². The quantitative estimate of drug-likeness (QED) is 0.262. The number of Topliss-reactive ketones (excluding diaryl/α,β-unsaturated/α-hetero) is 2. The van der Waals surface area contributed by atoms with Crippen molar-refractivity contribution in [1.29, 1.82) is 0 Å². The number of ketones is 2. The first-order chi connectivity index (χ1) is 20.0. The van der Waals surface area contributed by atoms with Gasteiger partial charge < -0.3 is 5.11 Å². The van der Waals surface area contributed by atoms with Gasteiger partial charge in [0.05, 0.1) is 0 Å². The highest BCUT2D eigenvalue weighted by molar-refractivity contribution is 6.00. The van der Waals surface area contributed by atoms with Crippen molar-refractivity contribution in [1.82, 2.24) is 0 Å². The average Bonchev–Trinajstić information content (AvgIpc) is 2.91. The maximum absolute atomic E-state index is 12.2. The van der Waals surface area contributed by atoms with E-state index >= 15 is 0 Å².